The zero-order chi connectivity index (χ0) is 19.1. The minimum atomic E-state index is -0.669. The van der Waals surface area contributed by atoms with E-state index in [9.17, 15) is 9.90 Å². The second-order valence-electron chi connectivity index (χ2n) is 7.71. The first kappa shape index (κ1) is 17.6. The topological polar surface area (TPSA) is 88.0 Å². The molecule has 0 aromatic carbocycles. The summed E-state index contributed by atoms with van der Waals surface area (Å²) in [5, 5.41) is 14.1. The molecule has 144 valence electrons. The third-order valence-corrected chi connectivity index (χ3v) is 7.09. The predicted molar refractivity (Wildman–Crippen MR) is 110 cm³/mol. The van der Waals surface area contributed by atoms with Crippen LogP contribution >= 0.6 is 11.3 Å². The van der Waals surface area contributed by atoms with Gasteiger partial charge in [-0.15, -0.1) is 11.3 Å². The highest BCUT2D eigenvalue weighted by Gasteiger charge is 2.28. The van der Waals surface area contributed by atoms with Gasteiger partial charge in [-0.25, -0.2) is 9.97 Å². The van der Waals surface area contributed by atoms with Gasteiger partial charge in [0.05, 0.1) is 11.3 Å². The highest BCUT2D eigenvalue weighted by Crippen LogP contribution is 2.41. The molecule has 2 aliphatic carbocycles. The van der Waals surface area contributed by atoms with Gasteiger partial charge in [-0.2, -0.15) is 0 Å². The Morgan fingerprint density at radius 1 is 1.18 bits per heavy atom. The number of carboxylic acid groups (broad SMARTS) is 1. The molecule has 0 bridgehead atoms. The van der Waals surface area contributed by atoms with Crippen molar-refractivity contribution in [1.29, 1.82) is 0 Å². The Labute approximate surface area is 167 Å². The second-order valence-corrected chi connectivity index (χ2v) is 8.79. The number of nitrogens with zero attached hydrogens (tertiary/aromatic N) is 3. The maximum atomic E-state index is 11.2. The lowest BCUT2D eigenvalue weighted by Gasteiger charge is -2.27. The second kappa shape index (κ2) is 7.13. The standard InChI is InChI=1S/C21H22N4O2S/c26-21(27)12-6-8-14(9-7-12)23-19-17-15-4-1-5-16(15)28-20(17)25-18(24-19)13-3-2-10-22-11-13/h2-3,10-12,14H,1,4-9H2,(H,26,27)(H,23,24,25). The lowest BCUT2D eigenvalue weighted by atomic mass is 9.86. The van der Waals surface area contributed by atoms with Crippen molar-refractivity contribution in [3.05, 3.63) is 35.0 Å². The summed E-state index contributed by atoms with van der Waals surface area (Å²) in [4.78, 5) is 27.7. The number of anilines is 1. The molecule has 0 radical (unpaired) electrons. The maximum Gasteiger partial charge on any atom is 0.306 e. The summed E-state index contributed by atoms with van der Waals surface area (Å²) < 4.78 is 0. The largest absolute Gasteiger partial charge is 0.481 e. The number of carboxylic acids is 1. The number of hydrogen-bond acceptors (Lipinski definition) is 6. The minimum absolute atomic E-state index is 0.209. The zero-order valence-electron chi connectivity index (χ0n) is 15.5. The Hall–Kier alpha value is -2.54. The van der Waals surface area contributed by atoms with E-state index in [0.717, 1.165) is 54.7 Å². The van der Waals surface area contributed by atoms with Gasteiger partial charge in [0.15, 0.2) is 5.82 Å². The monoisotopic (exact) mass is 394 g/mol. The molecule has 0 atom stereocenters. The van der Waals surface area contributed by atoms with Gasteiger partial charge in [0.2, 0.25) is 0 Å². The van der Waals surface area contributed by atoms with Crippen molar-refractivity contribution >= 4 is 33.3 Å². The number of thiophene rings is 1. The number of rotatable bonds is 4. The molecule has 2 aliphatic rings. The van der Waals surface area contributed by atoms with Crippen molar-refractivity contribution in [3.8, 4) is 11.4 Å². The Morgan fingerprint density at radius 2 is 2.04 bits per heavy atom. The van der Waals surface area contributed by atoms with Crippen LogP contribution in [-0.4, -0.2) is 32.1 Å². The molecule has 5 rings (SSSR count). The van der Waals surface area contributed by atoms with E-state index in [1.807, 2.05) is 12.1 Å². The van der Waals surface area contributed by atoms with E-state index in [2.05, 4.69) is 10.3 Å². The number of pyridine rings is 1. The first-order chi connectivity index (χ1) is 13.7. The molecule has 6 nitrogen and oxygen atoms in total. The fourth-order valence-electron chi connectivity index (χ4n) is 4.40. The Kier molecular flexibility index (Phi) is 4.47. The van der Waals surface area contributed by atoms with Gasteiger partial charge in [-0.1, -0.05) is 0 Å². The smallest absolute Gasteiger partial charge is 0.306 e. The summed E-state index contributed by atoms with van der Waals surface area (Å²) in [5.41, 5.74) is 2.31. The lowest BCUT2D eigenvalue weighted by molar-refractivity contribution is -0.142. The molecule has 0 aliphatic heterocycles. The van der Waals surface area contributed by atoms with Gasteiger partial charge in [0.1, 0.15) is 10.6 Å². The number of nitrogens with one attached hydrogen (secondary N) is 1. The lowest BCUT2D eigenvalue weighted by Crippen LogP contribution is -2.29. The van der Waals surface area contributed by atoms with E-state index in [4.69, 9.17) is 9.97 Å². The van der Waals surface area contributed by atoms with Gasteiger partial charge >= 0.3 is 5.97 Å². The van der Waals surface area contributed by atoms with E-state index in [1.54, 1.807) is 23.7 Å². The summed E-state index contributed by atoms with van der Waals surface area (Å²) in [7, 11) is 0. The Bertz CT molecular complexity index is 1030. The summed E-state index contributed by atoms with van der Waals surface area (Å²) >= 11 is 1.79. The number of carbonyl (C=O) groups is 1. The van der Waals surface area contributed by atoms with E-state index in [0.29, 0.717) is 5.82 Å². The van der Waals surface area contributed by atoms with Crippen molar-refractivity contribution in [3.63, 3.8) is 0 Å². The van der Waals surface area contributed by atoms with Gasteiger partial charge in [0.25, 0.3) is 0 Å². The Balaban J connectivity index is 1.52. The van der Waals surface area contributed by atoms with Gasteiger partial charge < -0.3 is 10.4 Å². The van der Waals surface area contributed by atoms with Gasteiger partial charge in [-0.05, 0) is 62.6 Å². The van der Waals surface area contributed by atoms with Crippen molar-refractivity contribution in [2.24, 2.45) is 5.92 Å². The molecule has 2 N–H and O–H groups in total. The summed E-state index contributed by atoms with van der Waals surface area (Å²) in [6.07, 6.45) is 10.1. The molecular weight excluding hydrogens is 372 g/mol. The molecule has 3 heterocycles. The fourth-order valence-corrected chi connectivity index (χ4v) is 5.66. The van der Waals surface area contributed by atoms with Crippen LogP contribution in [0.2, 0.25) is 0 Å². The average Bonchev–Trinajstić information content (AvgIpc) is 3.30. The predicted octanol–water partition coefficient (Wildman–Crippen LogP) is 4.30. The van der Waals surface area contributed by atoms with Crippen LogP contribution in [0.5, 0.6) is 0 Å². The SMILES string of the molecule is O=C(O)C1CCC(Nc2nc(-c3cccnc3)nc3sc4c(c23)CCC4)CC1. The van der Waals surface area contributed by atoms with Crippen molar-refractivity contribution in [2.45, 2.75) is 51.0 Å². The van der Waals surface area contributed by atoms with E-state index >= 15 is 0 Å². The molecule has 0 saturated heterocycles. The van der Waals surface area contributed by atoms with Crippen molar-refractivity contribution in [1.82, 2.24) is 15.0 Å². The number of hydrogen-bond donors (Lipinski definition) is 2. The van der Waals surface area contributed by atoms with Crippen LogP contribution < -0.4 is 5.32 Å². The zero-order valence-corrected chi connectivity index (χ0v) is 16.3. The van der Waals surface area contributed by atoms with Crippen LogP contribution in [0.1, 0.15) is 42.5 Å². The molecule has 1 fully saturated rings. The van der Waals surface area contributed by atoms with E-state index in [1.165, 1.54) is 22.2 Å². The van der Waals surface area contributed by atoms with Gasteiger partial charge in [0, 0.05) is 28.9 Å². The average molecular weight is 395 g/mol. The van der Waals surface area contributed by atoms with Crippen LogP contribution in [0.4, 0.5) is 5.82 Å². The molecular formula is C21H22N4O2S. The molecule has 7 heteroatoms. The molecule has 3 aromatic heterocycles. The molecule has 0 spiro atoms. The first-order valence-corrected chi connectivity index (χ1v) is 10.7. The third-order valence-electron chi connectivity index (χ3n) is 5.90. The highest BCUT2D eigenvalue weighted by atomic mass is 32.1. The Morgan fingerprint density at radius 3 is 2.79 bits per heavy atom. The van der Waals surface area contributed by atoms with E-state index < -0.39 is 5.97 Å². The first-order valence-electron chi connectivity index (χ1n) is 9.91. The van der Waals surface area contributed by atoms with Crippen LogP contribution in [0, 0.1) is 5.92 Å². The van der Waals surface area contributed by atoms with Crippen LogP contribution in [0.15, 0.2) is 24.5 Å². The van der Waals surface area contributed by atoms with Crippen LogP contribution in [0.3, 0.4) is 0 Å². The summed E-state index contributed by atoms with van der Waals surface area (Å²) in [6, 6.07) is 4.14. The molecule has 28 heavy (non-hydrogen) atoms. The molecule has 0 amide bonds. The minimum Gasteiger partial charge on any atom is -0.481 e. The number of aliphatic carboxylic acids is 1. The summed E-state index contributed by atoms with van der Waals surface area (Å²) in [6.45, 7) is 0. The maximum absolute atomic E-state index is 11.2. The third kappa shape index (κ3) is 3.13. The van der Waals surface area contributed by atoms with Crippen molar-refractivity contribution < 1.29 is 9.90 Å². The van der Waals surface area contributed by atoms with E-state index in [-0.39, 0.29) is 12.0 Å². The highest BCUT2D eigenvalue weighted by molar-refractivity contribution is 7.19. The van der Waals surface area contributed by atoms with Crippen molar-refractivity contribution in [2.75, 3.05) is 5.32 Å². The van der Waals surface area contributed by atoms with Crippen LogP contribution in [0.25, 0.3) is 21.6 Å². The normalized spacial score (nSPS) is 21.6. The molecule has 1 saturated carbocycles. The molecule has 0 unspecified atom stereocenters. The van der Waals surface area contributed by atoms with Crippen LogP contribution in [-0.2, 0) is 17.6 Å². The number of fused-ring (bicyclic) bond motifs is 3. The summed E-state index contributed by atoms with van der Waals surface area (Å²) in [5.74, 6) is 0.724. The van der Waals surface area contributed by atoms with Gasteiger partial charge in [-0.3, -0.25) is 9.78 Å². The fraction of sp³-hybridized carbons (Fsp3) is 0.429. The molecule has 3 aromatic rings. The quantitative estimate of drug-likeness (QED) is 0.686. The number of aromatic nitrogens is 3. The number of aryl methyl sites for hydroxylation is 2.